The minimum atomic E-state index is 0.300. The standard InChI is InChI=1S/C17H35N3O2/c1-4-6-7-9-15(3)20-17(18-5-2)19-11-13-21-14-16-10-8-12-22-16/h15-16H,4-14H2,1-3H3,(H2,18,19,20). The Hall–Kier alpha value is -0.810. The molecule has 0 aromatic rings. The zero-order chi connectivity index (χ0) is 16.0. The van der Waals surface area contributed by atoms with Crippen molar-refractivity contribution in [2.75, 3.05) is 32.9 Å². The minimum Gasteiger partial charge on any atom is -0.377 e. The van der Waals surface area contributed by atoms with Gasteiger partial charge in [0.05, 0.1) is 25.9 Å². The lowest BCUT2D eigenvalue weighted by Gasteiger charge is -2.17. The first-order valence-electron chi connectivity index (χ1n) is 9.00. The van der Waals surface area contributed by atoms with Crippen LogP contribution in [0.4, 0.5) is 0 Å². The van der Waals surface area contributed by atoms with Crippen molar-refractivity contribution in [3.8, 4) is 0 Å². The van der Waals surface area contributed by atoms with E-state index in [4.69, 9.17) is 9.47 Å². The molecule has 0 radical (unpaired) electrons. The normalized spacial score (nSPS) is 20.1. The van der Waals surface area contributed by atoms with Crippen LogP contribution < -0.4 is 10.6 Å². The van der Waals surface area contributed by atoms with Crippen LogP contribution in [-0.4, -0.2) is 51.0 Å². The number of aliphatic imine (C=N–C) groups is 1. The number of rotatable bonds is 11. The van der Waals surface area contributed by atoms with Crippen molar-refractivity contribution < 1.29 is 9.47 Å². The molecule has 2 unspecified atom stereocenters. The maximum atomic E-state index is 5.64. The van der Waals surface area contributed by atoms with Gasteiger partial charge in [-0.25, -0.2) is 0 Å². The number of hydrogen-bond acceptors (Lipinski definition) is 3. The molecule has 0 aromatic carbocycles. The number of hydrogen-bond donors (Lipinski definition) is 2. The van der Waals surface area contributed by atoms with Gasteiger partial charge in [-0.2, -0.15) is 0 Å². The van der Waals surface area contributed by atoms with Gasteiger partial charge in [0, 0.05) is 19.2 Å². The lowest BCUT2D eigenvalue weighted by atomic mass is 10.1. The molecule has 2 N–H and O–H groups in total. The second kappa shape index (κ2) is 12.7. The smallest absolute Gasteiger partial charge is 0.191 e. The first-order valence-corrected chi connectivity index (χ1v) is 9.00. The number of guanidine groups is 1. The predicted octanol–water partition coefficient (Wildman–Crippen LogP) is 2.71. The molecule has 0 amide bonds. The highest BCUT2D eigenvalue weighted by Gasteiger charge is 2.14. The third-order valence-corrected chi connectivity index (χ3v) is 3.80. The summed E-state index contributed by atoms with van der Waals surface area (Å²) in [5.74, 6) is 0.896. The molecular weight excluding hydrogens is 278 g/mol. The summed E-state index contributed by atoms with van der Waals surface area (Å²) >= 11 is 0. The van der Waals surface area contributed by atoms with Crippen LogP contribution in [0.3, 0.4) is 0 Å². The van der Waals surface area contributed by atoms with E-state index >= 15 is 0 Å². The Kier molecular flexibility index (Phi) is 11.1. The summed E-state index contributed by atoms with van der Waals surface area (Å²) in [4.78, 5) is 4.57. The molecule has 1 rings (SSSR count). The summed E-state index contributed by atoms with van der Waals surface area (Å²) in [6, 6.07) is 0.456. The van der Waals surface area contributed by atoms with Gasteiger partial charge >= 0.3 is 0 Å². The summed E-state index contributed by atoms with van der Waals surface area (Å²) < 4.78 is 11.2. The van der Waals surface area contributed by atoms with Gasteiger partial charge in [0.2, 0.25) is 0 Å². The molecule has 0 aromatic heterocycles. The molecule has 0 bridgehead atoms. The van der Waals surface area contributed by atoms with Crippen molar-refractivity contribution in [1.29, 1.82) is 0 Å². The maximum absolute atomic E-state index is 5.64. The number of ether oxygens (including phenoxy) is 2. The Morgan fingerprint density at radius 3 is 2.91 bits per heavy atom. The zero-order valence-electron chi connectivity index (χ0n) is 14.7. The Morgan fingerprint density at radius 2 is 2.23 bits per heavy atom. The average Bonchev–Trinajstić information content (AvgIpc) is 3.00. The van der Waals surface area contributed by atoms with Gasteiger partial charge in [0.25, 0.3) is 0 Å². The van der Waals surface area contributed by atoms with Crippen molar-refractivity contribution in [3.63, 3.8) is 0 Å². The molecule has 0 saturated carbocycles. The summed E-state index contributed by atoms with van der Waals surface area (Å²) in [6.45, 7) is 10.3. The van der Waals surface area contributed by atoms with E-state index in [1.807, 2.05) is 0 Å². The second-order valence-electron chi connectivity index (χ2n) is 6.01. The lowest BCUT2D eigenvalue weighted by molar-refractivity contribution is 0.0200. The lowest BCUT2D eigenvalue weighted by Crippen LogP contribution is -2.42. The molecule has 0 aliphatic carbocycles. The fourth-order valence-corrected chi connectivity index (χ4v) is 2.54. The third-order valence-electron chi connectivity index (χ3n) is 3.80. The van der Waals surface area contributed by atoms with E-state index in [0.717, 1.165) is 32.0 Å². The highest BCUT2D eigenvalue weighted by Crippen LogP contribution is 2.11. The van der Waals surface area contributed by atoms with Gasteiger partial charge in [-0.3, -0.25) is 4.99 Å². The summed E-state index contributed by atoms with van der Waals surface area (Å²) in [5, 5.41) is 6.76. The molecule has 130 valence electrons. The average molecular weight is 313 g/mol. The van der Waals surface area contributed by atoms with Gasteiger partial charge in [-0.05, 0) is 33.1 Å². The number of nitrogens with zero attached hydrogens (tertiary/aromatic N) is 1. The SMILES string of the molecule is CCCCCC(C)NC(=NCCOCC1CCCO1)NCC. The first kappa shape index (κ1) is 19.2. The monoisotopic (exact) mass is 313 g/mol. The summed E-state index contributed by atoms with van der Waals surface area (Å²) in [7, 11) is 0. The first-order chi connectivity index (χ1) is 10.8. The van der Waals surface area contributed by atoms with Gasteiger partial charge in [0.1, 0.15) is 0 Å². The Morgan fingerprint density at radius 1 is 1.36 bits per heavy atom. The van der Waals surface area contributed by atoms with Gasteiger partial charge in [-0.1, -0.05) is 26.2 Å². The van der Waals surface area contributed by atoms with E-state index in [-0.39, 0.29) is 0 Å². The van der Waals surface area contributed by atoms with Gasteiger partial charge in [0.15, 0.2) is 5.96 Å². The highest BCUT2D eigenvalue weighted by molar-refractivity contribution is 5.80. The fourth-order valence-electron chi connectivity index (χ4n) is 2.54. The van der Waals surface area contributed by atoms with Crippen molar-refractivity contribution in [1.82, 2.24) is 10.6 Å². The Labute approximate surface area is 136 Å². The molecule has 1 aliphatic rings. The Balaban J connectivity index is 2.16. The molecule has 1 fully saturated rings. The summed E-state index contributed by atoms with van der Waals surface area (Å²) in [5.41, 5.74) is 0. The van der Waals surface area contributed by atoms with Crippen LogP contribution in [0.15, 0.2) is 4.99 Å². The zero-order valence-corrected chi connectivity index (χ0v) is 14.7. The predicted molar refractivity (Wildman–Crippen MR) is 92.5 cm³/mol. The molecular formula is C17H35N3O2. The molecule has 1 heterocycles. The van der Waals surface area contributed by atoms with Crippen molar-refractivity contribution in [2.24, 2.45) is 4.99 Å². The third kappa shape index (κ3) is 9.26. The van der Waals surface area contributed by atoms with Crippen LogP contribution in [-0.2, 0) is 9.47 Å². The van der Waals surface area contributed by atoms with E-state index in [1.54, 1.807) is 0 Å². The van der Waals surface area contributed by atoms with E-state index in [2.05, 4.69) is 36.4 Å². The fraction of sp³-hybridized carbons (Fsp3) is 0.941. The van der Waals surface area contributed by atoms with Crippen LogP contribution in [0.1, 0.15) is 59.3 Å². The topological polar surface area (TPSA) is 54.9 Å². The molecule has 5 nitrogen and oxygen atoms in total. The van der Waals surface area contributed by atoms with Crippen LogP contribution in [0.5, 0.6) is 0 Å². The van der Waals surface area contributed by atoms with E-state index in [0.29, 0.717) is 31.9 Å². The second-order valence-corrected chi connectivity index (χ2v) is 6.01. The number of nitrogens with one attached hydrogen (secondary N) is 2. The maximum Gasteiger partial charge on any atom is 0.191 e. The minimum absolute atomic E-state index is 0.300. The molecule has 22 heavy (non-hydrogen) atoms. The van der Waals surface area contributed by atoms with Crippen LogP contribution in [0, 0.1) is 0 Å². The van der Waals surface area contributed by atoms with Crippen molar-refractivity contribution >= 4 is 5.96 Å². The van der Waals surface area contributed by atoms with Crippen LogP contribution in [0.25, 0.3) is 0 Å². The van der Waals surface area contributed by atoms with Crippen LogP contribution >= 0.6 is 0 Å². The molecule has 0 spiro atoms. The van der Waals surface area contributed by atoms with E-state index in [1.165, 1.54) is 25.7 Å². The highest BCUT2D eigenvalue weighted by atomic mass is 16.5. The van der Waals surface area contributed by atoms with Gasteiger partial charge < -0.3 is 20.1 Å². The summed E-state index contributed by atoms with van der Waals surface area (Å²) in [6.07, 6.45) is 7.62. The number of unbranched alkanes of at least 4 members (excludes halogenated alkanes) is 2. The molecule has 1 saturated heterocycles. The molecule has 1 aliphatic heterocycles. The van der Waals surface area contributed by atoms with Crippen LogP contribution in [0.2, 0.25) is 0 Å². The van der Waals surface area contributed by atoms with Crippen molar-refractivity contribution in [2.45, 2.75) is 71.4 Å². The molecule has 5 heteroatoms. The largest absolute Gasteiger partial charge is 0.377 e. The van der Waals surface area contributed by atoms with E-state index in [9.17, 15) is 0 Å². The van der Waals surface area contributed by atoms with Gasteiger partial charge in [-0.15, -0.1) is 0 Å². The quantitative estimate of drug-likeness (QED) is 0.350. The van der Waals surface area contributed by atoms with E-state index < -0.39 is 0 Å². The molecule has 2 atom stereocenters. The Bertz CT molecular complexity index is 292. The van der Waals surface area contributed by atoms with Crippen molar-refractivity contribution in [3.05, 3.63) is 0 Å².